The van der Waals surface area contributed by atoms with E-state index in [-0.39, 0.29) is 11.7 Å². The first-order valence-electron chi connectivity index (χ1n) is 9.46. The third-order valence-corrected chi connectivity index (χ3v) is 4.47. The monoisotopic (exact) mass is 347 g/mol. The Kier molecular flexibility index (Phi) is 8.22. The summed E-state index contributed by atoms with van der Waals surface area (Å²) in [5.41, 5.74) is 1.12. The lowest BCUT2D eigenvalue weighted by Crippen LogP contribution is -2.39. The molecule has 2 N–H and O–H groups in total. The molecule has 1 aromatic carbocycles. The Morgan fingerprint density at radius 2 is 2.12 bits per heavy atom. The zero-order chi connectivity index (χ0) is 18.0. The van der Waals surface area contributed by atoms with Crippen LogP contribution in [0.15, 0.2) is 35.3 Å². The van der Waals surface area contributed by atoms with Crippen LogP contribution in [0.1, 0.15) is 51.7 Å². The Balaban J connectivity index is 1.67. The molecule has 0 radical (unpaired) electrons. The van der Waals surface area contributed by atoms with Gasteiger partial charge in [0.25, 0.3) is 0 Å². The lowest BCUT2D eigenvalue weighted by Gasteiger charge is -2.21. The molecule has 1 heterocycles. The number of nitrogens with zero attached hydrogens (tertiary/aromatic N) is 1. The van der Waals surface area contributed by atoms with Gasteiger partial charge in [-0.25, -0.2) is 0 Å². The van der Waals surface area contributed by atoms with Gasteiger partial charge >= 0.3 is 0 Å². The van der Waals surface area contributed by atoms with E-state index in [1.165, 1.54) is 5.56 Å². The Bertz CT molecular complexity index is 513. The Hall–Kier alpha value is -1.59. The summed E-state index contributed by atoms with van der Waals surface area (Å²) in [6.45, 7) is 10.3. The second-order valence-electron chi connectivity index (χ2n) is 6.80. The molecule has 0 aliphatic carbocycles. The van der Waals surface area contributed by atoms with Crippen molar-refractivity contribution in [2.75, 3.05) is 32.8 Å². The van der Waals surface area contributed by atoms with Crippen molar-refractivity contribution >= 4 is 5.96 Å². The van der Waals surface area contributed by atoms with Gasteiger partial charge in [0, 0.05) is 26.3 Å². The molecule has 5 heteroatoms. The zero-order valence-electron chi connectivity index (χ0n) is 15.9. The maximum Gasteiger partial charge on any atom is 0.191 e. The minimum atomic E-state index is -0.101. The summed E-state index contributed by atoms with van der Waals surface area (Å²) < 4.78 is 11.7. The lowest BCUT2D eigenvalue weighted by molar-refractivity contribution is 0.0283. The van der Waals surface area contributed by atoms with Crippen molar-refractivity contribution in [3.8, 4) is 0 Å². The van der Waals surface area contributed by atoms with E-state index in [4.69, 9.17) is 9.47 Å². The second-order valence-corrected chi connectivity index (χ2v) is 6.80. The third-order valence-electron chi connectivity index (χ3n) is 4.47. The number of rotatable bonds is 9. The van der Waals surface area contributed by atoms with Crippen LogP contribution in [0.25, 0.3) is 0 Å². The number of guanidine groups is 1. The van der Waals surface area contributed by atoms with Gasteiger partial charge in [0.05, 0.1) is 18.2 Å². The molecular formula is C20H33N3O2. The van der Waals surface area contributed by atoms with Gasteiger partial charge < -0.3 is 20.1 Å². The van der Waals surface area contributed by atoms with E-state index in [0.29, 0.717) is 6.54 Å². The smallest absolute Gasteiger partial charge is 0.191 e. The molecule has 2 unspecified atom stereocenters. The van der Waals surface area contributed by atoms with Crippen LogP contribution >= 0.6 is 0 Å². The first-order valence-corrected chi connectivity index (χ1v) is 9.46. The molecule has 1 aliphatic heterocycles. The maximum atomic E-state index is 5.91. The van der Waals surface area contributed by atoms with Crippen LogP contribution in [-0.4, -0.2) is 44.4 Å². The van der Waals surface area contributed by atoms with Crippen molar-refractivity contribution in [1.82, 2.24) is 10.6 Å². The van der Waals surface area contributed by atoms with Crippen LogP contribution in [0.5, 0.6) is 0 Å². The van der Waals surface area contributed by atoms with Crippen LogP contribution in [0, 0.1) is 0 Å². The predicted octanol–water partition coefficient (Wildman–Crippen LogP) is 3.28. The highest BCUT2D eigenvalue weighted by atomic mass is 16.5. The van der Waals surface area contributed by atoms with E-state index >= 15 is 0 Å². The number of ether oxygens (including phenoxy) is 2. The van der Waals surface area contributed by atoms with Gasteiger partial charge in [-0.2, -0.15) is 0 Å². The van der Waals surface area contributed by atoms with E-state index in [1.54, 1.807) is 0 Å². The van der Waals surface area contributed by atoms with Gasteiger partial charge in [-0.3, -0.25) is 4.99 Å². The first kappa shape index (κ1) is 19.7. The molecule has 1 fully saturated rings. The molecule has 25 heavy (non-hydrogen) atoms. The van der Waals surface area contributed by atoms with Gasteiger partial charge in [-0.15, -0.1) is 0 Å². The summed E-state index contributed by atoms with van der Waals surface area (Å²) in [6, 6.07) is 10.3. The normalized spacial score (nSPS) is 22.0. The topological polar surface area (TPSA) is 54.9 Å². The molecule has 5 nitrogen and oxygen atoms in total. The molecule has 1 saturated heterocycles. The summed E-state index contributed by atoms with van der Waals surface area (Å²) in [5, 5.41) is 6.67. The molecular weight excluding hydrogens is 314 g/mol. The van der Waals surface area contributed by atoms with E-state index < -0.39 is 0 Å². The van der Waals surface area contributed by atoms with Crippen molar-refractivity contribution in [1.29, 1.82) is 0 Å². The van der Waals surface area contributed by atoms with E-state index in [2.05, 4.69) is 48.5 Å². The average molecular weight is 348 g/mol. The standard InChI is InChI=1S/C20H33N3O2/c1-4-21-19(23-16-20(3)12-8-15-25-20)22-13-9-14-24-17(2)18-10-6-5-7-11-18/h5-7,10-11,17H,4,8-9,12-16H2,1-3H3,(H2,21,22,23). The second kappa shape index (κ2) is 10.4. The predicted molar refractivity (Wildman–Crippen MR) is 103 cm³/mol. The van der Waals surface area contributed by atoms with Gasteiger partial charge in [-0.1, -0.05) is 30.3 Å². The Morgan fingerprint density at radius 3 is 2.80 bits per heavy atom. The number of aliphatic imine (C=N–C) groups is 1. The van der Waals surface area contributed by atoms with E-state index in [1.807, 2.05) is 18.2 Å². The first-order chi connectivity index (χ1) is 12.1. The van der Waals surface area contributed by atoms with E-state index in [0.717, 1.165) is 51.5 Å². The molecule has 0 amide bonds. The minimum Gasteiger partial charge on any atom is -0.374 e. The summed E-state index contributed by atoms with van der Waals surface area (Å²) in [6.07, 6.45) is 3.28. The van der Waals surface area contributed by atoms with Crippen LogP contribution in [-0.2, 0) is 9.47 Å². The van der Waals surface area contributed by atoms with Crippen molar-refractivity contribution in [2.24, 2.45) is 4.99 Å². The van der Waals surface area contributed by atoms with Crippen LogP contribution < -0.4 is 10.6 Å². The summed E-state index contributed by atoms with van der Waals surface area (Å²) in [5.74, 6) is 0.857. The van der Waals surface area contributed by atoms with Crippen LogP contribution in [0.3, 0.4) is 0 Å². The van der Waals surface area contributed by atoms with Gasteiger partial charge in [0.1, 0.15) is 0 Å². The molecule has 0 bridgehead atoms. The van der Waals surface area contributed by atoms with Crippen molar-refractivity contribution in [3.63, 3.8) is 0 Å². The van der Waals surface area contributed by atoms with E-state index in [9.17, 15) is 0 Å². The average Bonchev–Trinajstić information content (AvgIpc) is 3.07. The Morgan fingerprint density at radius 1 is 1.32 bits per heavy atom. The van der Waals surface area contributed by atoms with Crippen LogP contribution in [0.2, 0.25) is 0 Å². The molecule has 1 aliphatic rings. The summed E-state index contributed by atoms with van der Waals surface area (Å²) >= 11 is 0. The molecule has 140 valence electrons. The minimum absolute atomic E-state index is 0.101. The van der Waals surface area contributed by atoms with Crippen molar-refractivity contribution in [3.05, 3.63) is 35.9 Å². The third kappa shape index (κ3) is 7.04. The maximum absolute atomic E-state index is 5.91. The molecule has 0 saturated carbocycles. The lowest BCUT2D eigenvalue weighted by atomic mass is 10.0. The Labute approximate surface area is 152 Å². The number of hydrogen-bond acceptors (Lipinski definition) is 3. The highest BCUT2D eigenvalue weighted by Crippen LogP contribution is 2.25. The molecule has 0 spiro atoms. The number of hydrogen-bond donors (Lipinski definition) is 2. The van der Waals surface area contributed by atoms with Gasteiger partial charge in [0.2, 0.25) is 0 Å². The van der Waals surface area contributed by atoms with Gasteiger partial charge in [0.15, 0.2) is 5.96 Å². The molecule has 0 aromatic heterocycles. The summed E-state index contributed by atoms with van der Waals surface area (Å²) in [4.78, 5) is 4.68. The highest BCUT2D eigenvalue weighted by Gasteiger charge is 2.29. The van der Waals surface area contributed by atoms with Crippen LogP contribution in [0.4, 0.5) is 0 Å². The quantitative estimate of drug-likeness (QED) is 0.409. The highest BCUT2D eigenvalue weighted by molar-refractivity contribution is 5.79. The fourth-order valence-corrected chi connectivity index (χ4v) is 2.91. The fraction of sp³-hybridized carbons (Fsp3) is 0.650. The fourth-order valence-electron chi connectivity index (χ4n) is 2.91. The van der Waals surface area contributed by atoms with Crippen molar-refractivity contribution < 1.29 is 9.47 Å². The molecule has 2 rings (SSSR count). The zero-order valence-corrected chi connectivity index (χ0v) is 15.9. The SMILES string of the molecule is CCNC(=NCC1(C)CCCO1)NCCCOC(C)c1ccccc1. The molecule has 1 aromatic rings. The summed E-state index contributed by atoms with van der Waals surface area (Å²) in [7, 11) is 0. The van der Waals surface area contributed by atoms with Crippen molar-refractivity contribution in [2.45, 2.75) is 51.7 Å². The van der Waals surface area contributed by atoms with Gasteiger partial charge in [-0.05, 0) is 45.6 Å². The number of nitrogens with one attached hydrogen (secondary N) is 2. The molecule has 2 atom stereocenters. The number of benzene rings is 1. The largest absolute Gasteiger partial charge is 0.374 e.